The van der Waals surface area contributed by atoms with Crippen molar-refractivity contribution >= 4 is 17.2 Å². The largest absolute Gasteiger partial charge is 0.488 e. The first kappa shape index (κ1) is 12.2. The van der Waals surface area contributed by atoms with Gasteiger partial charge in [-0.15, -0.1) is 11.3 Å². The minimum atomic E-state index is -0.210. The standard InChI is InChI=1S/C14H13NO3S/c1-2-18-15-14(16)12-7-9-8-17-11-6-4-3-5-10(11)13(9)19-12/h3-7H,2,8H2,1H3,(H,15,16). The van der Waals surface area contributed by atoms with Crippen molar-refractivity contribution < 1.29 is 14.4 Å². The Hall–Kier alpha value is -1.85. The molecule has 98 valence electrons. The highest BCUT2D eigenvalue weighted by Gasteiger charge is 2.22. The van der Waals surface area contributed by atoms with Gasteiger partial charge in [-0.05, 0) is 25.1 Å². The number of hydrogen-bond donors (Lipinski definition) is 1. The molecule has 1 aromatic carbocycles. The molecular weight excluding hydrogens is 262 g/mol. The number of para-hydroxylation sites is 1. The second-order valence-corrected chi connectivity index (χ2v) is 5.17. The SMILES string of the molecule is CCONC(=O)c1cc2c(s1)-c1ccccc1OC2. The second-order valence-electron chi connectivity index (χ2n) is 4.11. The van der Waals surface area contributed by atoms with E-state index in [1.165, 1.54) is 11.3 Å². The highest BCUT2D eigenvalue weighted by molar-refractivity contribution is 7.17. The Morgan fingerprint density at radius 2 is 2.32 bits per heavy atom. The van der Waals surface area contributed by atoms with Crippen LogP contribution >= 0.6 is 11.3 Å². The molecule has 3 rings (SSSR count). The van der Waals surface area contributed by atoms with E-state index in [-0.39, 0.29) is 5.91 Å². The maximum absolute atomic E-state index is 11.9. The third-order valence-corrected chi connectivity index (χ3v) is 4.07. The van der Waals surface area contributed by atoms with Crippen LogP contribution in [0, 0.1) is 0 Å². The Morgan fingerprint density at radius 3 is 3.16 bits per heavy atom. The van der Waals surface area contributed by atoms with Gasteiger partial charge in [0.05, 0.1) is 11.5 Å². The molecule has 1 N–H and O–H groups in total. The van der Waals surface area contributed by atoms with Crippen LogP contribution in [0.1, 0.15) is 22.2 Å². The molecule has 0 bridgehead atoms. The Balaban J connectivity index is 1.94. The zero-order valence-corrected chi connectivity index (χ0v) is 11.3. The number of rotatable bonds is 3. The van der Waals surface area contributed by atoms with Gasteiger partial charge in [0.15, 0.2) is 0 Å². The van der Waals surface area contributed by atoms with Gasteiger partial charge in [0.2, 0.25) is 0 Å². The quantitative estimate of drug-likeness (QED) is 0.876. The Labute approximate surface area is 114 Å². The molecule has 1 aliphatic heterocycles. The molecule has 1 aliphatic rings. The minimum Gasteiger partial charge on any atom is -0.488 e. The fourth-order valence-electron chi connectivity index (χ4n) is 2.00. The smallest absolute Gasteiger partial charge is 0.284 e. The lowest BCUT2D eigenvalue weighted by molar-refractivity contribution is 0.0368. The third-order valence-electron chi connectivity index (χ3n) is 2.86. The summed E-state index contributed by atoms with van der Waals surface area (Å²) in [6.07, 6.45) is 0. The maximum atomic E-state index is 11.9. The van der Waals surface area contributed by atoms with Crippen molar-refractivity contribution in [1.82, 2.24) is 5.48 Å². The number of ether oxygens (including phenoxy) is 1. The summed E-state index contributed by atoms with van der Waals surface area (Å²) in [6, 6.07) is 9.73. The lowest BCUT2D eigenvalue weighted by Gasteiger charge is -2.16. The van der Waals surface area contributed by atoms with Crippen molar-refractivity contribution in [1.29, 1.82) is 0 Å². The molecule has 19 heavy (non-hydrogen) atoms. The minimum absolute atomic E-state index is 0.210. The lowest BCUT2D eigenvalue weighted by Crippen LogP contribution is -2.22. The zero-order chi connectivity index (χ0) is 13.2. The van der Waals surface area contributed by atoms with E-state index >= 15 is 0 Å². The second kappa shape index (κ2) is 5.03. The third kappa shape index (κ3) is 2.22. The molecular formula is C14H13NO3S. The van der Waals surface area contributed by atoms with Gasteiger partial charge in [-0.1, -0.05) is 12.1 Å². The summed E-state index contributed by atoms with van der Waals surface area (Å²) >= 11 is 1.46. The highest BCUT2D eigenvalue weighted by atomic mass is 32.1. The fourth-order valence-corrected chi connectivity index (χ4v) is 3.08. The average molecular weight is 275 g/mol. The van der Waals surface area contributed by atoms with Crippen molar-refractivity contribution in [3.05, 3.63) is 40.8 Å². The molecule has 0 aliphatic carbocycles. The van der Waals surface area contributed by atoms with Gasteiger partial charge in [0, 0.05) is 16.0 Å². The van der Waals surface area contributed by atoms with Gasteiger partial charge in [-0.3, -0.25) is 9.63 Å². The van der Waals surface area contributed by atoms with Crippen molar-refractivity contribution in [2.24, 2.45) is 0 Å². The molecule has 2 heterocycles. The van der Waals surface area contributed by atoms with Gasteiger partial charge in [-0.2, -0.15) is 0 Å². The summed E-state index contributed by atoms with van der Waals surface area (Å²) < 4.78 is 5.67. The van der Waals surface area contributed by atoms with Crippen molar-refractivity contribution in [3.8, 4) is 16.2 Å². The summed E-state index contributed by atoms with van der Waals surface area (Å²) in [5.41, 5.74) is 4.50. The predicted molar refractivity (Wildman–Crippen MR) is 73.2 cm³/mol. The first-order chi connectivity index (χ1) is 9.29. The van der Waals surface area contributed by atoms with E-state index in [9.17, 15) is 4.79 Å². The first-order valence-electron chi connectivity index (χ1n) is 6.06. The van der Waals surface area contributed by atoms with Crippen molar-refractivity contribution in [2.45, 2.75) is 13.5 Å². The topological polar surface area (TPSA) is 47.6 Å². The molecule has 5 heteroatoms. The van der Waals surface area contributed by atoms with E-state index in [4.69, 9.17) is 9.57 Å². The molecule has 0 spiro atoms. The lowest BCUT2D eigenvalue weighted by atomic mass is 10.1. The monoisotopic (exact) mass is 275 g/mol. The fraction of sp³-hybridized carbons (Fsp3) is 0.214. The summed E-state index contributed by atoms with van der Waals surface area (Å²) in [7, 11) is 0. The number of amides is 1. The van der Waals surface area contributed by atoms with E-state index in [2.05, 4.69) is 5.48 Å². The summed E-state index contributed by atoms with van der Waals surface area (Å²) in [5, 5.41) is 0. The van der Waals surface area contributed by atoms with Crippen LogP contribution < -0.4 is 10.2 Å². The summed E-state index contributed by atoms with van der Waals surface area (Å²) in [6.45, 7) is 2.78. The number of hydroxylamine groups is 1. The van der Waals surface area contributed by atoms with Crippen LogP contribution in [0.4, 0.5) is 0 Å². The van der Waals surface area contributed by atoms with Gasteiger partial charge < -0.3 is 4.74 Å². The highest BCUT2D eigenvalue weighted by Crippen LogP contribution is 2.42. The number of carbonyl (C=O) groups excluding carboxylic acids is 1. The molecule has 0 fully saturated rings. The van der Waals surface area contributed by atoms with E-state index < -0.39 is 0 Å². The number of thiophene rings is 1. The molecule has 0 atom stereocenters. The summed E-state index contributed by atoms with van der Waals surface area (Å²) in [5.74, 6) is 0.660. The molecule has 4 nitrogen and oxygen atoms in total. The zero-order valence-electron chi connectivity index (χ0n) is 10.4. The van der Waals surface area contributed by atoms with Crippen molar-refractivity contribution in [2.75, 3.05) is 6.61 Å². The van der Waals surface area contributed by atoms with Crippen LogP contribution in [0.3, 0.4) is 0 Å². The van der Waals surface area contributed by atoms with E-state index in [1.54, 1.807) is 0 Å². The number of carbonyl (C=O) groups is 1. The van der Waals surface area contributed by atoms with Crippen molar-refractivity contribution in [3.63, 3.8) is 0 Å². The Bertz CT molecular complexity index is 621. The van der Waals surface area contributed by atoms with Crippen LogP contribution in [0.5, 0.6) is 5.75 Å². The normalized spacial score (nSPS) is 12.3. The molecule has 0 unspecified atom stereocenters. The first-order valence-corrected chi connectivity index (χ1v) is 6.88. The molecule has 0 saturated heterocycles. The van der Waals surface area contributed by atoms with Gasteiger partial charge in [0.25, 0.3) is 5.91 Å². The number of fused-ring (bicyclic) bond motifs is 3. The Kier molecular flexibility index (Phi) is 3.23. The van der Waals surface area contributed by atoms with Gasteiger partial charge in [0.1, 0.15) is 12.4 Å². The average Bonchev–Trinajstić information content (AvgIpc) is 2.89. The number of benzene rings is 1. The van der Waals surface area contributed by atoms with Crippen LogP contribution in [-0.4, -0.2) is 12.5 Å². The van der Waals surface area contributed by atoms with Crippen LogP contribution in [0.2, 0.25) is 0 Å². The Morgan fingerprint density at radius 1 is 1.47 bits per heavy atom. The van der Waals surface area contributed by atoms with Crippen LogP contribution in [0.25, 0.3) is 10.4 Å². The van der Waals surface area contributed by atoms with Gasteiger partial charge in [-0.25, -0.2) is 5.48 Å². The van der Waals surface area contributed by atoms with E-state index in [1.807, 2.05) is 37.3 Å². The molecule has 2 aromatic rings. The maximum Gasteiger partial charge on any atom is 0.284 e. The molecule has 0 radical (unpaired) electrons. The van der Waals surface area contributed by atoms with E-state index in [0.29, 0.717) is 18.1 Å². The van der Waals surface area contributed by atoms with Gasteiger partial charge >= 0.3 is 0 Å². The van der Waals surface area contributed by atoms with Crippen LogP contribution in [0.15, 0.2) is 30.3 Å². The predicted octanol–water partition coefficient (Wildman–Crippen LogP) is 2.99. The number of nitrogens with one attached hydrogen (secondary N) is 1. The molecule has 1 aromatic heterocycles. The van der Waals surface area contributed by atoms with Crippen LogP contribution in [-0.2, 0) is 11.4 Å². The summed E-state index contributed by atoms with van der Waals surface area (Å²) in [4.78, 5) is 18.5. The number of hydrogen-bond acceptors (Lipinski definition) is 4. The molecule has 0 saturated carbocycles. The molecule has 1 amide bonds. The van der Waals surface area contributed by atoms with E-state index in [0.717, 1.165) is 21.8 Å².